The summed E-state index contributed by atoms with van der Waals surface area (Å²) in [7, 11) is 1.96. The summed E-state index contributed by atoms with van der Waals surface area (Å²) < 4.78 is 20.3. The lowest BCUT2D eigenvalue weighted by molar-refractivity contribution is -0.771. The molecule has 1 heterocycles. The lowest BCUT2D eigenvalue weighted by Gasteiger charge is -2.22. The molecule has 0 saturated carbocycles. The number of carbonyl (C=O) groups excluding carboxylic acids is 2. The molecule has 10 nitrogen and oxygen atoms in total. The molecular weight excluding hydrogens is 428 g/mol. The number of nitrogens with one attached hydrogen (secondary N) is 1. The Morgan fingerprint density at radius 3 is 2.39 bits per heavy atom. The lowest BCUT2D eigenvalue weighted by Crippen LogP contribution is -2.42. The van der Waals surface area contributed by atoms with E-state index in [4.69, 9.17) is 24.9 Å². The molecule has 0 fully saturated rings. The number of rotatable bonds is 9. The summed E-state index contributed by atoms with van der Waals surface area (Å²) in [6.07, 6.45) is 1.29. The van der Waals surface area contributed by atoms with Crippen molar-refractivity contribution >= 4 is 23.0 Å². The van der Waals surface area contributed by atoms with Crippen LogP contribution in [0.4, 0.5) is 4.79 Å². The third-order valence-electron chi connectivity index (χ3n) is 4.49. The van der Waals surface area contributed by atoms with Gasteiger partial charge in [-0.3, -0.25) is 4.84 Å². The van der Waals surface area contributed by atoms with Gasteiger partial charge in [-0.2, -0.15) is 4.68 Å². The van der Waals surface area contributed by atoms with Crippen LogP contribution in [0.25, 0.3) is 10.9 Å². The molecule has 3 N–H and O–H groups in total. The quantitative estimate of drug-likeness (QED) is 0.253. The van der Waals surface area contributed by atoms with Crippen LogP contribution < -0.4 is 20.6 Å². The highest BCUT2D eigenvalue weighted by atomic mass is 16.7. The first kappa shape index (κ1) is 26.4. The average Bonchev–Trinajstić information content (AvgIpc) is 2.98. The number of aryl methyl sites for hydroxylation is 2. The number of alkyl carbamates (subject to hydrolysis) is 1. The smallest absolute Gasteiger partial charge is 0.407 e. The first-order valence-corrected chi connectivity index (χ1v) is 11.0. The lowest BCUT2D eigenvalue weighted by atomic mass is 10.2. The molecule has 1 amide bonds. The van der Waals surface area contributed by atoms with Crippen molar-refractivity contribution in [3.8, 4) is 5.75 Å². The fourth-order valence-electron chi connectivity index (χ4n) is 3.07. The number of ether oxygens (including phenoxy) is 3. The van der Waals surface area contributed by atoms with Crippen molar-refractivity contribution in [3.05, 3.63) is 24.4 Å². The number of aromatic nitrogens is 2. The van der Waals surface area contributed by atoms with E-state index in [-0.39, 0.29) is 6.61 Å². The molecule has 0 spiro atoms. The maximum atomic E-state index is 12.2. The number of hydrogen-bond acceptors (Lipinski definition) is 7. The van der Waals surface area contributed by atoms with Crippen LogP contribution in [0.3, 0.4) is 0 Å². The summed E-state index contributed by atoms with van der Waals surface area (Å²) >= 11 is 0. The molecule has 0 aliphatic heterocycles. The van der Waals surface area contributed by atoms with Crippen molar-refractivity contribution in [2.75, 3.05) is 13.2 Å². The Balaban J connectivity index is 1.94. The topological polar surface area (TPSA) is 118 Å². The number of carbonyl (C=O) groups is 2. The van der Waals surface area contributed by atoms with Gasteiger partial charge in [0.05, 0.1) is 12.4 Å². The van der Waals surface area contributed by atoms with Crippen molar-refractivity contribution in [2.45, 2.75) is 71.8 Å². The van der Waals surface area contributed by atoms with Crippen LogP contribution in [0.1, 0.15) is 48.0 Å². The Bertz CT molecular complexity index is 958. The first-order chi connectivity index (χ1) is 15.3. The molecule has 2 rings (SSSR count). The number of hydrogen-bond donors (Lipinski definition) is 2. The van der Waals surface area contributed by atoms with Crippen LogP contribution in [-0.4, -0.2) is 47.2 Å². The van der Waals surface area contributed by atoms with E-state index >= 15 is 0 Å². The van der Waals surface area contributed by atoms with E-state index in [0.29, 0.717) is 18.8 Å². The molecule has 0 unspecified atom stereocenters. The van der Waals surface area contributed by atoms with E-state index in [0.717, 1.165) is 17.3 Å². The van der Waals surface area contributed by atoms with Gasteiger partial charge in [0, 0.05) is 13.0 Å². The minimum atomic E-state index is -1.03. The van der Waals surface area contributed by atoms with E-state index in [2.05, 4.69) is 10.00 Å². The second-order valence-corrected chi connectivity index (χ2v) is 9.79. The number of nitrogens with two attached hydrogens (primary N) is 1. The minimum Gasteiger partial charge on any atom is -0.490 e. The number of fused-ring (bicyclic) bond motifs is 1. The SMILES string of the molecule is Cn1c2ccc(OC[C@H](ON)C(=O)OC(C)(C)C)cc2c[n+]1CCCNC(=O)OC(C)(C)C. The van der Waals surface area contributed by atoms with Crippen LogP contribution in [-0.2, 0) is 32.7 Å². The molecule has 10 heteroatoms. The summed E-state index contributed by atoms with van der Waals surface area (Å²) in [6.45, 7) is 11.9. The van der Waals surface area contributed by atoms with Crippen LogP contribution >= 0.6 is 0 Å². The Kier molecular flexibility index (Phi) is 8.68. The molecule has 0 aliphatic rings. The number of esters is 1. The molecule has 0 radical (unpaired) electrons. The van der Waals surface area contributed by atoms with Gasteiger partial charge in [-0.15, -0.1) is 4.68 Å². The monoisotopic (exact) mass is 465 g/mol. The molecule has 0 aliphatic carbocycles. The van der Waals surface area contributed by atoms with Gasteiger partial charge in [-0.05, 0) is 59.7 Å². The fraction of sp³-hybridized carbons (Fsp3) is 0.609. The molecule has 1 atom stereocenters. The van der Waals surface area contributed by atoms with E-state index in [1.165, 1.54) is 0 Å². The molecule has 33 heavy (non-hydrogen) atoms. The predicted molar refractivity (Wildman–Crippen MR) is 122 cm³/mol. The molecule has 2 aromatic rings. The van der Waals surface area contributed by atoms with Gasteiger partial charge in [0.25, 0.3) is 0 Å². The number of benzene rings is 1. The highest BCUT2D eigenvalue weighted by Gasteiger charge is 2.26. The summed E-state index contributed by atoms with van der Waals surface area (Å²) in [5, 5.41) is 3.73. The molecular formula is C23H37N4O6+. The fourth-order valence-corrected chi connectivity index (χ4v) is 3.07. The highest BCUT2D eigenvalue weighted by Crippen LogP contribution is 2.20. The summed E-state index contributed by atoms with van der Waals surface area (Å²) in [4.78, 5) is 28.7. The van der Waals surface area contributed by atoms with Gasteiger partial charge in [-0.1, -0.05) is 0 Å². The van der Waals surface area contributed by atoms with Crippen molar-refractivity contribution in [1.82, 2.24) is 10.00 Å². The molecule has 0 saturated heterocycles. The number of amides is 1. The van der Waals surface area contributed by atoms with E-state index in [1.54, 1.807) is 20.8 Å². The van der Waals surface area contributed by atoms with Gasteiger partial charge in [0.1, 0.15) is 29.1 Å². The van der Waals surface area contributed by atoms with Gasteiger partial charge in [0.2, 0.25) is 12.3 Å². The van der Waals surface area contributed by atoms with Crippen LogP contribution in [0.2, 0.25) is 0 Å². The first-order valence-electron chi connectivity index (χ1n) is 11.0. The number of nitrogens with zero attached hydrogens (tertiary/aromatic N) is 2. The van der Waals surface area contributed by atoms with E-state index in [9.17, 15) is 9.59 Å². The van der Waals surface area contributed by atoms with Gasteiger partial charge >= 0.3 is 12.1 Å². The summed E-state index contributed by atoms with van der Waals surface area (Å²) in [5.41, 5.74) is -0.147. The van der Waals surface area contributed by atoms with Gasteiger partial charge in [0.15, 0.2) is 6.54 Å². The largest absolute Gasteiger partial charge is 0.490 e. The average molecular weight is 466 g/mol. The standard InChI is InChI=1S/C23H36N4O6/c1-22(2,3)31-20(28)19(33-24)15-30-17-9-10-18-16(13-17)14-27(26(18)7)12-8-11-25-21(29)32-23(4,5)6/h9-10,13-14,19H,8,11-12,15,24H2,1-7H3/p+1/t19-/m0/s1. The highest BCUT2D eigenvalue weighted by molar-refractivity contribution is 5.79. The normalized spacial score (nSPS) is 13.0. The third-order valence-corrected chi connectivity index (χ3v) is 4.49. The maximum absolute atomic E-state index is 12.2. The third kappa shape index (κ3) is 8.54. The molecule has 0 bridgehead atoms. The summed E-state index contributed by atoms with van der Waals surface area (Å²) in [6, 6.07) is 5.64. The summed E-state index contributed by atoms with van der Waals surface area (Å²) in [5.74, 6) is 5.26. The molecule has 1 aromatic carbocycles. The Morgan fingerprint density at radius 1 is 1.12 bits per heavy atom. The van der Waals surface area contributed by atoms with Crippen molar-refractivity contribution in [2.24, 2.45) is 12.9 Å². The van der Waals surface area contributed by atoms with Gasteiger partial charge in [-0.25, -0.2) is 15.5 Å². The zero-order chi connectivity index (χ0) is 24.8. The molecule has 184 valence electrons. The second kappa shape index (κ2) is 10.8. The van der Waals surface area contributed by atoms with Crippen LogP contribution in [0.5, 0.6) is 5.75 Å². The zero-order valence-corrected chi connectivity index (χ0v) is 20.6. The Hall–Kier alpha value is -2.85. The Labute approximate surface area is 194 Å². The van der Waals surface area contributed by atoms with Gasteiger partial charge < -0.3 is 19.5 Å². The van der Waals surface area contributed by atoms with E-state index in [1.807, 2.05) is 56.9 Å². The van der Waals surface area contributed by atoms with Crippen molar-refractivity contribution in [3.63, 3.8) is 0 Å². The second-order valence-electron chi connectivity index (χ2n) is 9.79. The van der Waals surface area contributed by atoms with Crippen molar-refractivity contribution in [1.29, 1.82) is 0 Å². The maximum Gasteiger partial charge on any atom is 0.407 e. The van der Waals surface area contributed by atoms with Crippen LogP contribution in [0.15, 0.2) is 24.4 Å². The minimum absolute atomic E-state index is 0.0694. The Morgan fingerprint density at radius 2 is 1.79 bits per heavy atom. The van der Waals surface area contributed by atoms with E-state index < -0.39 is 29.4 Å². The predicted octanol–water partition coefficient (Wildman–Crippen LogP) is 2.36. The zero-order valence-electron chi connectivity index (χ0n) is 20.6. The van der Waals surface area contributed by atoms with Crippen molar-refractivity contribution < 1.29 is 33.3 Å². The molecule has 1 aromatic heterocycles. The van der Waals surface area contributed by atoms with Crippen LogP contribution in [0, 0.1) is 0 Å².